The summed E-state index contributed by atoms with van der Waals surface area (Å²) in [4.78, 5) is 12.1. The van der Waals surface area contributed by atoms with Crippen molar-refractivity contribution in [2.75, 3.05) is 6.54 Å². The molecule has 0 aliphatic carbocycles. The molecule has 2 heterocycles. The fourth-order valence-corrected chi connectivity index (χ4v) is 2.41. The van der Waals surface area contributed by atoms with Gasteiger partial charge in [0.25, 0.3) is 5.91 Å². The second kappa shape index (κ2) is 4.87. The number of H-pyrrole nitrogens is 1. The highest BCUT2D eigenvalue weighted by molar-refractivity contribution is 5.96. The van der Waals surface area contributed by atoms with Crippen LogP contribution in [0.4, 0.5) is 0 Å². The zero-order valence-electron chi connectivity index (χ0n) is 10.6. The van der Waals surface area contributed by atoms with Crippen molar-refractivity contribution in [2.45, 2.75) is 45.7 Å². The highest BCUT2D eigenvalue weighted by Gasteiger charge is 2.22. The third-order valence-corrected chi connectivity index (χ3v) is 3.31. The van der Waals surface area contributed by atoms with Gasteiger partial charge in [-0.05, 0) is 40.2 Å². The first kappa shape index (κ1) is 12.1. The molecule has 1 aromatic rings. The number of rotatable bonds is 2. The minimum atomic E-state index is -0.00662. The Morgan fingerprint density at radius 1 is 1.47 bits per heavy atom. The van der Waals surface area contributed by atoms with E-state index in [2.05, 4.69) is 27.8 Å². The van der Waals surface area contributed by atoms with E-state index in [0.29, 0.717) is 11.6 Å². The van der Waals surface area contributed by atoms with Gasteiger partial charge in [-0.1, -0.05) is 0 Å². The lowest BCUT2D eigenvalue weighted by molar-refractivity contribution is 0.0924. The predicted molar refractivity (Wildman–Crippen MR) is 66.0 cm³/mol. The van der Waals surface area contributed by atoms with Gasteiger partial charge in [-0.25, -0.2) is 0 Å². The Hall–Kier alpha value is -1.36. The van der Waals surface area contributed by atoms with E-state index in [1.807, 2.05) is 13.8 Å². The van der Waals surface area contributed by atoms with E-state index in [9.17, 15) is 4.79 Å². The maximum atomic E-state index is 12.1. The lowest BCUT2D eigenvalue weighted by atomic mass is 10.00. The smallest absolute Gasteiger partial charge is 0.255 e. The van der Waals surface area contributed by atoms with Crippen LogP contribution in [0, 0.1) is 13.8 Å². The van der Waals surface area contributed by atoms with E-state index in [-0.39, 0.29) is 11.9 Å². The average molecular weight is 236 g/mol. The zero-order valence-corrected chi connectivity index (χ0v) is 10.6. The van der Waals surface area contributed by atoms with Crippen LogP contribution < -0.4 is 10.6 Å². The fraction of sp³-hybridized carbons (Fsp3) is 0.667. The highest BCUT2D eigenvalue weighted by atomic mass is 16.1. The van der Waals surface area contributed by atoms with Gasteiger partial charge in [0.1, 0.15) is 0 Å². The van der Waals surface area contributed by atoms with E-state index >= 15 is 0 Å². The molecule has 3 N–H and O–H groups in total. The van der Waals surface area contributed by atoms with Crippen LogP contribution in [0.2, 0.25) is 0 Å². The maximum absolute atomic E-state index is 12.1. The molecule has 0 saturated carbocycles. The van der Waals surface area contributed by atoms with Gasteiger partial charge in [0.15, 0.2) is 0 Å². The van der Waals surface area contributed by atoms with Crippen LogP contribution in [-0.4, -0.2) is 34.7 Å². The van der Waals surface area contributed by atoms with Gasteiger partial charge in [-0.3, -0.25) is 9.89 Å². The van der Waals surface area contributed by atoms with E-state index in [1.54, 1.807) is 0 Å². The van der Waals surface area contributed by atoms with Crippen LogP contribution >= 0.6 is 0 Å². The van der Waals surface area contributed by atoms with Crippen LogP contribution in [-0.2, 0) is 0 Å². The van der Waals surface area contributed by atoms with Crippen LogP contribution in [0.3, 0.4) is 0 Å². The normalized spacial score (nSPS) is 24.6. The van der Waals surface area contributed by atoms with Crippen molar-refractivity contribution in [3.63, 3.8) is 0 Å². The standard InChI is InChI=1S/C12H20N4O/c1-7-6-10(4-5-13-7)14-12(17)11-8(2)15-16-9(11)3/h7,10,13H,4-6H2,1-3H3,(H,14,17)(H,15,16). The lowest BCUT2D eigenvalue weighted by Gasteiger charge is -2.28. The third-order valence-electron chi connectivity index (χ3n) is 3.31. The molecular weight excluding hydrogens is 216 g/mol. The Balaban J connectivity index is 2.02. The second-order valence-electron chi connectivity index (χ2n) is 4.86. The van der Waals surface area contributed by atoms with Crippen molar-refractivity contribution in [3.8, 4) is 0 Å². The number of aromatic amines is 1. The topological polar surface area (TPSA) is 69.8 Å². The summed E-state index contributed by atoms with van der Waals surface area (Å²) >= 11 is 0. The van der Waals surface area contributed by atoms with Crippen molar-refractivity contribution in [1.82, 2.24) is 20.8 Å². The number of nitrogens with one attached hydrogen (secondary N) is 3. The predicted octanol–water partition coefficient (Wildman–Crippen LogP) is 0.897. The van der Waals surface area contributed by atoms with Gasteiger partial charge < -0.3 is 10.6 Å². The van der Waals surface area contributed by atoms with Gasteiger partial charge >= 0.3 is 0 Å². The fourth-order valence-electron chi connectivity index (χ4n) is 2.41. The molecule has 1 aromatic heterocycles. The number of hydrogen-bond acceptors (Lipinski definition) is 3. The Morgan fingerprint density at radius 2 is 2.24 bits per heavy atom. The van der Waals surface area contributed by atoms with Crippen LogP contribution in [0.5, 0.6) is 0 Å². The largest absolute Gasteiger partial charge is 0.349 e. The van der Waals surface area contributed by atoms with E-state index in [0.717, 1.165) is 30.8 Å². The quantitative estimate of drug-likeness (QED) is 0.714. The number of carbonyl (C=O) groups is 1. The van der Waals surface area contributed by atoms with E-state index in [4.69, 9.17) is 0 Å². The lowest BCUT2D eigenvalue weighted by Crippen LogP contribution is -2.46. The summed E-state index contributed by atoms with van der Waals surface area (Å²) in [5.41, 5.74) is 2.29. The first-order chi connectivity index (χ1) is 8.08. The Kier molecular flexibility index (Phi) is 3.47. The number of aryl methyl sites for hydroxylation is 2. The van der Waals surface area contributed by atoms with Crippen molar-refractivity contribution in [2.24, 2.45) is 0 Å². The molecule has 5 nitrogen and oxygen atoms in total. The Bertz CT molecular complexity index is 393. The molecule has 17 heavy (non-hydrogen) atoms. The molecule has 2 unspecified atom stereocenters. The van der Waals surface area contributed by atoms with Crippen molar-refractivity contribution in [3.05, 3.63) is 17.0 Å². The maximum Gasteiger partial charge on any atom is 0.255 e. The van der Waals surface area contributed by atoms with Gasteiger partial charge in [0.05, 0.1) is 11.3 Å². The molecule has 0 radical (unpaired) electrons. The van der Waals surface area contributed by atoms with Crippen LogP contribution in [0.1, 0.15) is 41.5 Å². The monoisotopic (exact) mass is 236 g/mol. The molecule has 1 fully saturated rings. The third kappa shape index (κ3) is 2.66. The molecular formula is C12H20N4O. The number of hydrogen-bond donors (Lipinski definition) is 3. The van der Waals surface area contributed by atoms with Crippen molar-refractivity contribution in [1.29, 1.82) is 0 Å². The SMILES string of the molecule is Cc1n[nH]c(C)c1C(=O)NC1CCNC(C)C1. The van der Waals surface area contributed by atoms with Gasteiger partial charge in [0.2, 0.25) is 0 Å². The summed E-state index contributed by atoms with van der Waals surface area (Å²) in [5.74, 6) is -0.00662. The van der Waals surface area contributed by atoms with Crippen molar-refractivity contribution < 1.29 is 4.79 Å². The van der Waals surface area contributed by atoms with Crippen LogP contribution in [0.25, 0.3) is 0 Å². The molecule has 2 atom stereocenters. The molecule has 0 spiro atoms. The molecule has 94 valence electrons. The summed E-state index contributed by atoms with van der Waals surface area (Å²) in [6.45, 7) is 6.84. The number of amides is 1. The van der Waals surface area contributed by atoms with Gasteiger partial charge in [-0.2, -0.15) is 5.10 Å². The number of aromatic nitrogens is 2. The van der Waals surface area contributed by atoms with Gasteiger partial charge in [-0.15, -0.1) is 0 Å². The molecule has 5 heteroatoms. The first-order valence-corrected chi connectivity index (χ1v) is 6.13. The first-order valence-electron chi connectivity index (χ1n) is 6.13. The summed E-state index contributed by atoms with van der Waals surface area (Å²) in [7, 11) is 0. The zero-order chi connectivity index (χ0) is 12.4. The van der Waals surface area contributed by atoms with E-state index < -0.39 is 0 Å². The molecule has 0 aromatic carbocycles. The number of carbonyl (C=O) groups excluding carboxylic acids is 1. The van der Waals surface area contributed by atoms with Crippen LogP contribution in [0.15, 0.2) is 0 Å². The molecule has 0 bridgehead atoms. The van der Waals surface area contributed by atoms with Gasteiger partial charge in [0, 0.05) is 17.8 Å². The Labute approximate surface area is 101 Å². The number of piperidine rings is 1. The molecule has 2 rings (SSSR count). The minimum Gasteiger partial charge on any atom is -0.349 e. The van der Waals surface area contributed by atoms with Crippen molar-refractivity contribution >= 4 is 5.91 Å². The molecule has 1 amide bonds. The molecule has 1 aliphatic heterocycles. The summed E-state index contributed by atoms with van der Waals surface area (Å²) in [6.07, 6.45) is 1.98. The molecule has 1 aliphatic rings. The van der Waals surface area contributed by atoms with E-state index in [1.165, 1.54) is 0 Å². The highest BCUT2D eigenvalue weighted by Crippen LogP contribution is 2.12. The Morgan fingerprint density at radius 3 is 2.82 bits per heavy atom. The molecule has 1 saturated heterocycles. The minimum absolute atomic E-state index is 0.00662. The average Bonchev–Trinajstić information content (AvgIpc) is 2.58. The summed E-state index contributed by atoms with van der Waals surface area (Å²) < 4.78 is 0. The number of nitrogens with zero attached hydrogens (tertiary/aromatic N) is 1. The summed E-state index contributed by atoms with van der Waals surface area (Å²) in [5, 5.41) is 13.4. The second-order valence-corrected chi connectivity index (χ2v) is 4.86. The summed E-state index contributed by atoms with van der Waals surface area (Å²) in [6, 6.07) is 0.744.